The van der Waals surface area contributed by atoms with Gasteiger partial charge in [0.2, 0.25) is 5.91 Å². The first-order chi connectivity index (χ1) is 13.6. The van der Waals surface area contributed by atoms with Crippen LogP contribution in [0.4, 0.5) is 0 Å². The Morgan fingerprint density at radius 2 is 2.00 bits per heavy atom. The van der Waals surface area contributed by atoms with Gasteiger partial charge in [-0.25, -0.2) is 4.98 Å². The number of rotatable bonds is 7. The molecule has 28 heavy (non-hydrogen) atoms. The molecule has 0 bridgehead atoms. The molecule has 0 aliphatic heterocycles. The van der Waals surface area contributed by atoms with Gasteiger partial charge >= 0.3 is 0 Å². The SMILES string of the molecule is COc1ccc(CN(C(=O)/C=C/c2nc3ccccc3s2)C(C)C2CC2)cc1. The second kappa shape index (κ2) is 8.15. The lowest BCUT2D eigenvalue weighted by molar-refractivity contribution is -0.129. The molecule has 1 fully saturated rings. The first-order valence-corrected chi connectivity index (χ1v) is 10.4. The summed E-state index contributed by atoms with van der Waals surface area (Å²) in [4.78, 5) is 19.6. The smallest absolute Gasteiger partial charge is 0.247 e. The molecule has 1 saturated carbocycles. The lowest BCUT2D eigenvalue weighted by atomic mass is 10.1. The van der Waals surface area contributed by atoms with Gasteiger partial charge in [-0.2, -0.15) is 0 Å². The number of carbonyl (C=O) groups excluding carboxylic acids is 1. The minimum absolute atomic E-state index is 0.0366. The summed E-state index contributed by atoms with van der Waals surface area (Å²) < 4.78 is 6.37. The molecule has 0 spiro atoms. The molecule has 3 aromatic rings. The van der Waals surface area contributed by atoms with E-state index in [0.717, 1.165) is 26.5 Å². The molecule has 4 rings (SSSR count). The third kappa shape index (κ3) is 4.25. The Hall–Kier alpha value is -2.66. The van der Waals surface area contributed by atoms with Crippen LogP contribution in [0.5, 0.6) is 5.75 Å². The van der Waals surface area contributed by atoms with Crippen LogP contribution >= 0.6 is 11.3 Å². The summed E-state index contributed by atoms with van der Waals surface area (Å²) in [5.74, 6) is 1.47. The maximum absolute atomic E-state index is 13.0. The van der Waals surface area contributed by atoms with Crippen LogP contribution in [0, 0.1) is 5.92 Å². The fraction of sp³-hybridized carbons (Fsp3) is 0.304. The van der Waals surface area contributed by atoms with Crippen molar-refractivity contribution in [1.29, 1.82) is 0 Å². The highest BCUT2D eigenvalue weighted by Crippen LogP contribution is 2.36. The minimum Gasteiger partial charge on any atom is -0.497 e. The van der Waals surface area contributed by atoms with Crippen molar-refractivity contribution in [2.24, 2.45) is 5.92 Å². The van der Waals surface area contributed by atoms with E-state index in [4.69, 9.17) is 4.74 Å². The standard InChI is InChI=1S/C23H24N2O2S/c1-16(18-9-10-18)25(15-17-7-11-19(27-2)12-8-17)23(26)14-13-22-24-20-5-3-4-6-21(20)28-22/h3-8,11-14,16,18H,9-10,15H2,1-2H3/b14-13+. The van der Waals surface area contributed by atoms with Gasteiger partial charge in [-0.05, 0) is 61.6 Å². The fourth-order valence-corrected chi connectivity index (χ4v) is 4.25. The average molecular weight is 393 g/mol. The van der Waals surface area contributed by atoms with Crippen LogP contribution in [-0.4, -0.2) is 28.9 Å². The van der Waals surface area contributed by atoms with Crippen LogP contribution in [0.3, 0.4) is 0 Å². The zero-order valence-corrected chi connectivity index (χ0v) is 17.0. The third-order valence-corrected chi connectivity index (χ3v) is 6.27. The lowest BCUT2D eigenvalue weighted by Gasteiger charge is -2.28. The van der Waals surface area contributed by atoms with E-state index in [2.05, 4.69) is 18.0 Å². The summed E-state index contributed by atoms with van der Waals surface area (Å²) in [6.45, 7) is 2.76. The van der Waals surface area contributed by atoms with Crippen LogP contribution in [0.2, 0.25) is 0 Å². The van der Waals surface area contributed by atoms with Gasteiger partial charge in [-0.15, -0.1) is 11.3 Å². The van der Waals surface area contributed by atoms with Gasteiger partial charge in [0, 0.05) is 18.7 Å². The Morgan fingerprint density at radius 3 is 2.68 bits per heavy atom. The largest absolute Gasteiger partial charge is 0.497 e. The van der Waals surface area contributed by atoms with Crippen molar-refractivity contribution in [1.82, 2.24) is 9.88 Å². The summed E-state index contributed by atoms with van der Waals surface area (Å²) in [6, 6.07) is 16.2. The van der Waals surface area contributed by atoms with Crippen LogP contribution in [-0.2, 0) is 11.3 Å². The minimum atomic E-state index is 0.0366. The Bertz CT molecular complexity index is 956. The maximum Gasteiger partial charge on any atom is 0.247 e. The van der Waals surface area contributed by atoms with E-state index in [1.54, 1.807) is 24.5 Å². The monoisotopic (exact) mass is 392 g/mol. The van der Waals surface area contributed by atoms with Gasteiger partial charge in [0.25, 0.3) is 0 Å². The highest BCUT2D eigenvalue weighted by molar-refractivity contribution is 7.19. The number of ether oxygens (including phenoxy) is 1. The lowest BCUT2D eigenvalue weighted by Crippen LogP contribution is -2.38. The van der Waals surface area contributed by atoms with Crippen molar-refractivity contribution >= 4 is 33.5 Å². The van der Waals surface area contributed by atoms with E-state index in [1.165, 1.54) is 12.8 Å². The molecule has 1 amide bonds. The molecule has 5 heteroatoms. The number of hydrogen-bond acceptors (Lipinski definition) is 4. The number of aromatic nitrogens is 1. The van der Waals surface area contributed by atoms with Crippen molar-refractivity contribution in [3.8, 4) is 5.75 Å². The van der Waals surface area contributed by atoms with Crippen molar-refractivity contribution in [3.63, 3.8) is 0 Å². The van der Waals surface area contributed by atoms with Crippen molar-refractivity contribution in [3.05, 3.63) is 65.2 Å². The van der Waals surface area contributed by atoms with Crippen molar-refractivity contribution in [2.75, 3.05) is 7.11 Å². The number of methoxy groups -OCH3 is 1. The second-order valence-electron chi connectivity index (χ2n) is 7.25. The van der Waals surface area contributed by atoms with Crippen molar-refractivity contribution in [2.45, 2.75) is 32.4 Å². The molecule has 1 heterocycles. The molecule has 1 atom stereocenters. The van der Waals surface area contributed by atoms with Gasteiger partial charge in [0.15, 0.2) is 0 Å². The molecule has 144 valence electrons. The number of amides is 1. The number of hydrogen-bond donors (Lipinski definition) is 0. The first-order valence-electron chi connectivity index (χ1n) is 9.61. The summed E-state index contributed by atoms with van der Waals surface area (Å²) in [5, 5.41) is 0.859. The van der Waals surface area contributed by atoms with Gasteiger partial charge < -0.3 is 9.64 Å². The predicted octanol–water partition coefficient (Wildman–Crippen LogP) is 5.15. The summed E-state index contributed by atoms with van der Waals surface area (Å²) >= 11 is 1.60. The molecule has 4 nitrogen and oxygen atoms in total. The molecular weight excluding hydrogens is 368 g/mol. The number of fused-ring (bicyclic) bond motifs is 1. The average Bonchev–Trinajstić information content (AvgIpc) is 3.49. The number of carbonyl (C=O) groups is 1. The topological polar surface area (TPSA) is 42.4 Å². The van der Waals surface area contributed by atoms with E-state index < -0.39 is 0 Å². The zero-order valence-electron chi connectivity index (χ0n) is 16.2. The normalized spacial score (nSPS) is 15.1. The molecule has 1 aromatic heterocycles. The Labute approximate surface area is 169 Å². The van der Waals surface area contributed by atoms with Gasteiger partial charge in [0.05, 0.1) is 17.3 Å². The van der Waals surface area contributed by atoms with Crippen LogP contribution in [0.1, 0.15) is 30.3 Å². The highest BCUT2D eigenvalue weighted by atomic mass is 32.1. The van der Waals surface area contributed by atoms with Crippen LogP contribution < -0.4 is 4.74 Å². The number of thiazole rings is 1. The molecule has 0 saturated heterocycles. The van der Waals surface area contributed by atoms with Crippen LogP contribution in [0.25, 0.3) is 16.3 Å². The number of benzene rings is 2. The van der Waals surface area contributed by atoms with E-state index in [0.29, 0.717) is 12.5 Å². The Morgan fingerprint density at radius 1 is 1.25 bits per heavy atom. The third-order valence-electron chi connectivity index (χ3n) is 5.27. The molecule has 1 aliphatic carbocycles. The molecule has 0 radical (unpaired) electrons. The summed E-state index contributed by atoms with van der Waals surface area (Å²) in [6.07, 6.45) is 5.91. The number of para-hydroxylation sites is 1. The Kier molecular flexibility index (Phi) is 5.44. The van der Waals surface area contributed by atoms with E-state index in [9.17, 15) is 4.79 Å². The second-order valence-corrected chi connectivity index (χ2v) is 8.31. The van der Waals surface area contributed by atoms with Gasteiger partial charge in [-0.1, -0.05) is 24.3 Å². The van der Waals surface area contributed by atoms with E-state index in [1.807, 2.05) is 53.4 Å². The molecule has 2 aromatic carbocycles. The predicted molar refractivity (Wildman–Crippen MR) is 114 cm³/mol. The van der Waals surface area contributed by atoms with E-state index in [-0.39, 0.29) is 11.9 Å². The first kappa shape index (κ1) is 18.7. The molecule has 1 aliphatic rings. The zero-order chi connectivity index (χ0) is 19.5. The van der Waals surface area contributed by atoms with Crippen LogP contribution in [0.15, 0.2) is 54.6 Å². The number of nitrogens with zero attached hydrogens (tertiary/aromatic N) is 2. The molecular formula is C23H24N2O2S. The van der Waals surface area contributed by atoms with Crippen molar-refractivity contribution < 1.29 is 9.53 Å². The van der Waals surface area contributed by atoms with E-state index >= 15 is 0 Å². The summed E-state index contributed by atoms with van der Waals surface area (Å²) in [5.41, 5.74) is 2.08. The fourth-order valence-electron chi connectivity index (χ4n) is 3.38. The van der Waals surface area contributed by atoms with Gasteiger partial charge in [0.1, 0.15) is 10.8 Å². The molecule has 0 N–H and O–H groups in total. The quantitative estimate of drug-likeness (QED) is 0.523. The maximum atomic E-state index is 13.0. The van der Waals surface area contributed by atoms with Gasteiger partial charge in [-0.3, -0.25) is 4.79 Å². The highest BCUT2D eigenvalue weighted by Gasteiger charge is 2.33. The molecule has 1 unspecified atom stereocenters. The summed E-state index contributed by atoms with van der Waals surface area (Å²) in [7, 11) is 1.66. The Balaban J connectivity index is 1.51.